The molecule has 38 heavy (non-hydrogen) atoms. The van der Waals surface area contributed by atoms with Crippen LogP contribution in [0, 0.1) is 0 Å². The van der Waals surface area contributed by atoms with Crippen molar-refractivity contribution in [2.24, 2.45) is 0 Å². The second-order valence-electron chi connectivity index (χ2n) is 10.8. The first-order valence-electron chi connectivity index (χ1n) is 12.8. The molecule has 0 saturated carbocycles. The number of unbranched alkanes of at least 4 members (excludes halogenated alkanes) is 1. The van der Waals surface area contributed by atoms with Gasteiger partial charge in [0.1, 0.15) is 12.1 Å². The van der Waals surface area contributed by atoms with Crippen LogP contribution in [0.5, 0.6) is 11.5 Å². The molecule has 202 valence electrons. The maximum atomic E-state index is 13.0. The summed E-state index contributed by atoms with van der Waals surface area (Å²) in [4.78, 5) is 21.1. The Morgan fingerprint density at radius 2 is 1.68 bits per heavy atom. The summed E-state index contributed by atoms with van der Waals surface area (Å²) in [5, 5.41) is 9.79. The summed E-state index contributed by atoms with van der Waals surface area (Å²) in [6.07, 6.45) is 4.92. The van der Waals surface area contributed by atoms with Gasteiger partial charge in [0.25, 0.3) is 5.91 Å². The summed E-state index contributed by atoms with van der Waals surface area (Å²) in [5.41, 5.74) is 3.31. The summed E-state index contributed by atoms with van der Waals surface area (Å²) >= 11 is 0. The molecule has 10 heteroatoms. The zero-order valence-corrected chi connectivity index (χ0v) is 24.0. The number of methoxy groups -OCH3 is 1. The average Bonchev–Trinajstić information content (AvgIpc) is 3.00. The molecule has 0 radical (unpaired) electrons. The minimum Gasteiger partial charge on any atom is -0.493 e. The van der Waals surface area contributed by atoms with Crippen LogP contribution in [0.3, 0.4) is 0 Å². The number of fused-ring (bicyclic) bond motifs is 2. The number of aromatic nitrogens is 2. The molecule has 3 N–H and O–H groups in total. The van der Waals surface area contributed by atoms with Crippen molar-refractivity contribution < 1.29 is 18.7 Å². The number of hydrogen-bond donors (Lipinski definition) is 3. The highest BCUT2D eigenvalue weighted by Gasteiger charge is 2.36. The molecule has 1 aromatic heterocycles. The Kier molecular flexibility index (Phi) is 8.22. The maximum Gasteiger partial charge on any atom is 0.257 e. The minimum atomic E-state index is -1.74. The Bertz CT molecular complexity index is 1280. The summed E-state index contributed by atoms with van der Waals surface area (Å²) < 4.78 is 17.9. The van der Waals surface area contributed by atoms with Crippen LogP contribution in [-0.2, 0) is 4.43 Å². The fourth-order valence-electron chi connectivity index (χ4n) is 3.74. The standard InChI is InChI=1S/C28H37N5O4Si/c1-28(2,3)38(5,6)37-14-8-7-13-36-25-17-22-23(16-24(25)35-4)33-27(34)20-10-9-19(15-21(20)32-22)31-26-11-12-29-18-30-26/h9-12,15-18,32H,7-8,13-14H2,1-6H3,(H,33,34)(H,29,30,31). The highest BCUT2D eigenvalue weighted by atomic mass is 28.4. The lowest BCUT2D eigenvalue weighted by Gasteiger charge is -2.36. The lowest BCUT2D eigenvalue weighted by molar-refractivity contribution is 0.102. The number of benzene rings is 2. The molecule has 3 aromatic rings. The van der Waals surface area contributed by atoms with Crippen molar-refractivity contribution in [3.8, 4) is 11.5 Å². The largest absolute Gasteiger partial charge is 0.493 e. The number of nitrogens with one attached hydrogen (secondary N) is 3. The van der Waals surface area contributed by atoms with Gasteiger partial charge in [0.05, 0.1) is 36.3 Å². The predicted octanol–water partition coefficient (Wildman–Crippen LogP) is 6.72. The third-order valence-electron chi connectivity index (χ3n) is 7.01. The number of nitrogens with zero attached hydrogens (tertiary/aromatic N) is 2. The van der Waals surface area contributed by atoms with Crippen LogP contribution in [0.25, 0.3) is 0 Å². The molecule has 4 rings (SSSR count). The van der Waals surface area contributed by atoms with E-state index in [-0.39, 0.29) is 10.9 Å². The molecule has 1 aliphatic rings. The van der Waals surface area contributed by atoms with E-state index in [0.29, 0.717) is 46.5 Å². The smallest absolute Gasteiger partial charge is 0.257 e. The summed E-state index contributed by atoms with van der Waals surface area (Å²) in [7, 11) is -0.150. The molecule has 9 nitrogen and oxygen atoms in total. The third kappa shape index (κ3) is 6.43. The van der Waals surface area contributed by atoms with Crippen molar-refractivity contribution >= 4 is 42.8 Å². The number of amides is 1. The van der Waals surface area contributed by atoms with Gasteiger partial charge in [-0.05, 0) is 55.2 Å². The molecular weight excluding hydrogens is 498 g/mol. The topological polar surface area (TPSA) is 107 Å². The normalized spacial score (nSPS) is 12.9. The Morgan fingerprint density at radius 1 is 0.947 bits per heavy atom. The van der Waals surface area contributed by atoms with Crippen LogP contribution in [-0.4, -0.2) is 44.5 Å². The van der Waals surface area contributed by atoms with Gasteiger partial charge >= 0.3 is 0 Å². The van der Waals surface area contributed by atoms with Gasteiger partial charge in [-0.25, -0.2) is 9.97 Å². The molecule has 1 amide bonds. The first-order valence-corrected chi connectivity index (χ1v) is 15.7. The monoisotopic (exact) mass is 535 g/mol. The molecule has 1 aliphatic heterocycles. The zero-order valence-electron chi connectivity index (χ0n) is 23.0. The third-order valence-corrected chi connectivity index (χ3v) is 11.5. The first kappa shape index (κ1) is 27.4. The second-order valence-corrected chi connectivity index (χ2v) is 15.6. The van der Waals surface area contributed by atoms with Crippen LogP contribution in [0.4, 0.5) is 28.6 Å². The lowest BCUT2D eigenvalue weighted by Crippen LogP contribution is -2.41. The Hall–Kier alpha value is -3.63. The quantitative estimate of drug-likeness (QED) is 0.194. The van der Waals surface area contributed by atoms with Crippen molar-refractivity contribution in [2.45, 2.75) is 51.7 Å². The van der Waals surface area contributed by atoms with E-state index in [2.05, 4.69) is 59.8 Å². The van der Waals surface area contributed by atoms with Gasteiger partial charge < -0.3 is 29.9 Å². The van der Waals surface area contributed by atoms with Crippen molar-refractivity contribution in [1.82, 2.24) is 9.97 Å². The molecule has 0 spiro atoms. The summed E-state index contributed by atoms with van der Waals surface area (Å²) in [5.74, 6) is 1.61. The van der Waals surface area contributed by atoms with Crippen LogP contribution in [0.15, 0.2) is 48.9 Å². The number of hydrogen-bond acceptors (Lipinski definition) is 8. The van der Waals surface area contributed by atoms with Crippen molar-refractivity contribution in [3.05, 3.63) is 54.5 Å². The van der Waals surface area contributed by atoms with Crippen LogP contribution < -0.4 is 25.4 Å². The van der Waals surface area contributed by atoms with E-state index in [9.17, 15) is 4.79 Å². The molecule has 2 aromatic carbocycles. The van der Waals surface area contributed by atoms with E-state index >= 15 is 0 Å². The van der Waals surface area contributed by atoms with E-state index in [0.717, 1.165) is 25.1 Å². The first-order chi connectivity index (χ1) is 18.1. The Balaban J connectivity index is 1.44. The van der Waals surface area contributed by atoms with Crippen molar-refractivity contribution in [2.75, 3.05) is 36.3 Å². The maximum absolute atomic E-state index is 13.0. The molecule has 0 fully saturated rings. The molecule has 0 bridgehead atoms. The highest BCUT2D eigenvalue weighted by Crippen LogP contribution is 2.41. The van der Waals surface area contributed by atoms with E-state index in [1.807, 2.05) is 18.2 Å². The van der Waals surface area contributed by atoms with E-state index in [4.69, 9.17) is 13.9 Å². The predicted molar refractivity (Wildman–Crippen MR) is 154 cm³/mol. The van der Waals surface area contributed by atoms with Gasteiger partial charge in [0.2, 0.25) is 0 Å². The zero-order chi connectivity index (χ0) is 27.3. The van der Waals surface area contributed by atoms with Crippen molar-refractivity contribution in [3.63, 3.8) is 0 Å². The Morgan fingerprint density at radius 3 is 2.39 bits per heavy atom. The molecule has 0 saturated heterocycles. The average molecular weight is 536 g/mol. The van der Waals surface area contributed by atoms with Gasteiger partial charge in [-0.1, -0.05) is 20.8 Å². The number of carbonyl (C=O) groups excluding carboxylic acids is 1. The van der Waals surface area contributed by atoms with Crippen LogP contribution in [0.2, 0.25) is 18.1 Å². The lowest BCUT2D eigenvalue weighted by atomic mass is 10.1. The molecule has 2 heterocycles. The number of rotatable bonds is 10. The van der Waals surface area contributed by atoms with Crippen molar-refractivity contribution in [1.29, 1.82) is 0 Å². The molecule has 0 atom stereocenters. The SMILES string of the molecule is COc1cc2c(cc1OCCCCO[Si](C)(C)C(C)(C)C)Nc1cc(Nc3ccncn3)ccc1C(=O)N2. The van der Waals surface area contributed by atoms with E-state index < -0.39 is 8.32 Å². The van der Waals surface area contributed by atoms with Gasteiger partial charge in [-0.3, -0.25) is 4.79 Å². The molecule has 0 unspecified atom stereocenters. The minimum absolute atomic E-state index is 0.201. The van der Waals surface area contributed by atoms with Crippen LogP contribution in [0.1, 0.15) is 44.0 Å². The van der Waals surface area contributed by atoms with Crippen LogP contribution >= 0.6 is 0 Å². The molecular formula is C28H37N5O4Si. The Labute approximate surface area is 225 Å². The fourth-order valence-corrected chi connectivity index (χ4v) is 4.83. The van der Waals surface area contributed by atoms with Gasteiger partial charge in [0.15, 0.2) is 19.8 Å². The van der Waals surface area contributed by atoms with Gasteiger partial charge in [0, 0.05) is 30.6 Å². The molecule has 0 aliphatic carbocycles. The second kappa shape index (κ2) is 11.4. The fraction of sp³-hybridized carbons (Fsp3) is 0.393. The number of ether oxygens (including phenoxy) is 2. The van der Waals surface area contributed by atoms with E-state index in [1.165, 1.54) is 6.33 Å². The summed E-state index contributed by atoms with van der Waals surface area (Å²) in [6, 6.07) is 10.9. The highest BCUT2D eigenvalue weighted by molar-refractivity contribution is 6.74. The number of carbonyl (C=O) groups is 1. The van der Waals surface area contributed by atoms with Gasteiger partial charge in [-0.15, -0.1) is 0 Å². The summed E-state index contributed by atoms with van der Waals surface area (Å²) in [6.45, 7) is 12.5. The van der Waals surface area contributed by atoms with E-state index in [1.54, 1.807) is 31.5 Å². The number of anilines is 5. The van der Waals surface area contributed by atoms with Gasteiger partial charge in [-0.2, -0.15) is 0 Å².